The SMILES string of the molecule is CCCCC(CC)(CNC(C)C)CC(C)CCC. The number of hydrogen-bond acceptors (Lipinski definition) is 1. The molecule has 2 unspecified atom stereocenters. The summed E-state index contributed by atoms with van der Waals surface area (Å²) in [6.07, 6.45) is 9.53. The molecule has 0 rings (SSSR count). The van der Waals surface area contributed by atoms with Gasteiger partial charge in [-0.2, -0.15) is 0 Å². The second-order valence-corrected chi connectivity index (χ2v) is 6.59. The molecule has 0 saturated carbocycles. The second-order valence-electron chi connectivity index (χ2n) is 6.59. The Labute approximate surface area is 116 Å². The van der Waals surface area contributed by atoms with E-state index in [4.69, 9.17) is 0 Å². The van der Waals surface area contributed by atoms with E-state index in [2.05, 4.69) is 46.9 Å². The Hall–Kier alpha value is -0.0400. The van der Waals surface area contributed by atoms with Gasteiger partial charge in [0.2, 0.25) is 0 Å². The van der Waals surface area contributed by atoms with Crippen LogP contribution in [0.15, 0.2) is 0 Å². The first-order valence-corrected chi connectivity index (χ1v) is 8.23. The van der Waals surface area contributed by atoms with E-state index in [0.29, 0.717) is 11.5 Å². The van der Waals surface area contributed by atoms with Crippen LogP contribution < -0.4 is 5.32 Å². The fourth-order valence-electron chi connectivity index (χ4n) is 3.02. The Kier molecular flexibility index (Phi) is 9.81. The Morgan fingerprint density at radius 2 is 1.67 bits per heavy atom. The van der Waals surface area contributed by atoms with Crippen LogP contribution in [-0.2, 0) is 0 Å². The van der Waals surface area contributed by atoms with Gasteiger partial charge in [0.15, 0.2) is 0 Å². The van der Waals surface area contributed by atoms with Gasteiger partial charge in [-0.1, -0.05) is 67.2 Å². The number of rotatable bonds is 11. The third-order valence-corrected chi connectivity index (χ3v) is 4.26. The zero-order chi connectivity index (χ0) is 14.0. The van der Waals surface area contributed by atoms with E-state index < -0.39 is 0 Å². The molecule has 0 aromatic carbocycles. The lowest BCUT2D eigenvalue weighted by Gasteiger charge is -2.36. The first-order chi connectivity index (χ1) is 8.49. The molecule has 18 heavy (non-hydrogen) atoms. The van der Waals surface area contributed by atoms with E-state index >= 15 is 0 Å². The summed E-state index contributed by atoms with van der Waals surface area (Å²) in [4.78, 5) is 0. The smallest absolute Gasteiger partial charge is 0.00106 e. The largest absolute Gasteiger partial charge is 0.314 e. The Morgan fingerprint density at radius 3 is 2.11 bits per heavy atom. The van der Waals surface area contributed by atoms with Crippen LogP contribution in [0, 0.1) is 11.3 Å². The summed E-state index contributed by atoms with van der Waals surface area (Å²) in [7, 11) is 0. The van der Waals surface area contributed by atoms with Crippen molar-refractivity contribution in [3.05, 3.63) is 0 Å². The number of hydrogen-bond donors (Lipinski definition) is 1. The van der Waals surface area contributed by atoms with Crippen molar-refractivity contribution in [2.45, 2.75) is 92.5 Å². The lowest BCUT2D eigenvalue weighted by molar-refractivity contribution is 0.171. The zero-order valence-corrected chi connectivity index (χ0v) is 13.8. The summed E-state index contributed by atoms with van der Waals surface area (Å²) in [6.45, 7) is 15.2. The third kappa shape index (κ3) is 7.41. The average Bonchev–Trinajstić information content (AvgIpc) is 2.33. The monoisotopic (exact) mass is 255 g/mol. The maximum absolute atomic E-state index is 3.69. The molecule has 0 aromatic heterocycles. The van der Waals surface area contributed by atoms with Crippen molar-refractivity contribution in [3.8, 4) is 0 Å². The van der Waals surface area contributed by atoms with Crippen LogP contribution >= 0.6 is 0 Å². The second kappa shape index (κ2) is 9.83. The van der Waals surface area contributed by atoms with E-state index in [0.717, 1.165) is 5.92 Å². The van der Waals surface area contributed by atoms with Crippen molar-refractivity contribution in [1.29, 1.82) is 0 Å². The quantitative estimate of drug-likeness (QED) is 0.521. The highest BCUT2D eigenvalue weighted by atomic mass is 14.9. The molecule has 2 atom stereocenters. The topological polar surface area (TPSA) is 12.0 Å². The lowest BCUT2D eigenvalue weighted by atomic mass is 9.73. The third-order valence-electron chi connectivity index (χ3n) is 4.26. The van der Waals surface area contributed by atoms with E-state index in [9.17, 15) is 0 Å². The maximum Gasteiger partial charge on any atom is 0.00106 e. The maximum atomic E-state index is 3.69. The van der Waals surface area contributed by atoms with Gasteiger partial charge in [-0.3, -0.25) is 0 Å². The summed E-state index contributed by atoms with van der Waals surface area (Å²) >= 11 is 0. The van der Waals surface area contributed by atoms with Crippen LogP contribution in [0.4, 0.5) is 0 Å². The standard InChI is InChI=1S/C17H37N/c1-7-10-12-17(9-3,14-18-15(4)5)13-16(6)11-8-2/h15-16,18H,7-14H2,1-6H3. The first kappa shape index (κ1) is 18.0. The number of unbranched alkanes of at least 4 members (excludes halogenated alkanes) is 1. The van der Waals surface area contributed by atoms with Crippen molar-refractivity contribution in [2.24, 2.45) is 11.3 Å². The fraction of sp³-hybridized carbons (Fsp3) is 1.00. The van der Waals surface area contributed by atoms with Crippen LogP contribution in [-0.4, -0.2) is 12.6 Å². The molecular formula is C17H37N. The molecule has 110 valence electrons. The summed E-state index contributed by atoms with van der Waals surface area (Å²) in [5.74, 6) is 0.876. The van der Waals surface area contributed by atoms with Crippen LogP contribution in [0.1, 0.15) is 86.5 Å². The van der Waals surface area contributed by atoms with Crippen LogP contribution in [0.25, 0.3) is 0 Å². The highest BCUT2D eigenvalue weighted by Gasteiger charge is 2.29. The molecule has 0 aliphatic carbocycles. The van der Waals surface area contributed by atoms with Gasteiger partial charge < -0.3 is 5.32 Å². The zero-order valence-electron chi connectivity index (χ0n) is 13.8. The van der Waals surface area contributed by atoms with Crippen molar-refractivity contribution in [3.63, 3.8) is 0 Å². The van der Waals surface area contributed by atoms with E-state index in [-0.39, 0.29) is 0 Å². The first-order valence-electron chi connectivity index (χ1n) is 8.23. The minimum absolute atomic E-state index is 0.537. The summed E-state index contributed by atoms with van der Waals surface area (Å²) < 4.78 is 0. The predicted octanol–water partition coefficient (Wildman–Crippen LogP) is 5.40. The molecule has 0 amide bonds. The van der Waals surface area contributed by atoms with Crippen LogP contribution in [0.5, 0.6) is 0 Å². The molecule has 1 nitrogen and oxygen atoms in total. The molecule has 0 aliphatic heterocycles. The van der Waals surface area contributed by atoms with Gasteiger partial charge in [-0.25, -0.2) is 0 Å². The molecular weight excluding hydrogens is 218 g/mol. The van der Waals surface area contributed by atoms with Crippen molar-refractivity contribution in [1.82, 2.24) is 5.32 Å². The lowest BCUT2D eigenvalue weighted by Crippen LogP contribution is -2.38. The van der Waals surface area contributed by atoms with E-state index in [1.807, 2.05) is 0 Å². The molecule has 0 aliphatic rings. The van der Waals surface area contributed by atoms with Crippen molar-refractivity contribution < 1.29 is 0 Å². The summed E-state index contributed by atoms with van der Waals surface area (Å²) in [5, 5.41) is 3.69. The number of nitrogens with one attached hydrogen (secondary N) is 1. The fourth-order valence-corrected chi connectivity index (χ4v) is 3.02. The summed E-state index contributed by atoms with van der Waals surface area (Å²) in [6, 6.07) is 0.610. The molecule has 0 heterocycles. The van der Waals surface area contributed by atoms with Crippen LogP contribution in [0.2, 0.25) is 0 Å². The predicted molar refractivity (Wildman–Crippen MR) is 84.1 cm³/mol. The molecule has 0 bridgehead atoms. The molecule has 1 N–H and O–H groups in total. The minimum Gasteiger partial charge on any atom is -0.314 e. The van der Waals surface area contributed by atoms with Crippen molar-refractivity contribution >= 4 is 0 Å². The van der Waals surface area contributed by atoms with E-state index in [1.54, 1.807) is 0 Å². The molecule has 0 spiro atoms. The van der Waals surface area contributed by atoms with Crippen molar-refractivity contribution in [2.75, 3.05) is 6.54 Å². The van der Waals surface area contributed by atoms with Gasteiger partial charge in [0, 0.05) is 12.6 Å². The molecule has 0 aromatic rings. The van der Waals surface area contributed by atoms with Gasteiger partial charge in [-0.05, 0) is 30.6 Å². The normalized spacial score (nSPS) is 16.8. The van der Waals surface area contributed by atoms with Gasteiger partial charge in [0.05, 0.1) is 0 Å². The van der Waals surface area contributed by atoms with Crippen LogP contribution in [0.3, 0.4) is 0 Å². The van der Waals surface area contributed by atoms with Gasteiger partial charge in [-0.15, -0.1) is 0 Å². The molecule has 0 fully saturated rings. The van der Waals surface area contributed by atoms with Gasteiger partial charge in [0.1, 0.15) is 0 Å². The summed E-state index contributed by atoms with van der Waals surface area (Å²) in [5.41, 5.74) is 0.537. The highest BCUT2D eigenvalue weighted by Crippen LogP contribution is 2.36. The Morgan fingerprint density at radius 1 is 1.00 bits per heavy atom. The molecule has 1 heteroatoms. The average molecular weight is 255 g/mol. The highest BCUT2D eigenvalue weighted by molar-refractivity contribution is 4.83. The minimum atomic E-state index is 0.537. The van der Waals surface area contributed by atoms with Gasteiger partial charge >= 0.3 is 0 Å². The molecule has 0 radical (unpaired) electrons. The van der Waals surface area contributed by atoms with E-state index in [1.165, 1.54) is 51.5 Å². The Balaban J connectivity index is 4.52. The Bertz CT molecular complexity index is 188. The van der Waals surface area contributed by atoms with Gasteiger partial charge in [0.25, 0.3) is 0 Å². The molecule has 0 saturated heterocycles.